The maximum Gasteiger partial charge on any atom is 0.407 e. The van der Waals surface area contributed by atoms with Crippen LogP contribution >= 0.6 is 0 Å². The third kappa shape index (κ3) is 5.26. The largest absolute Gasteiger partial charge is 0.481 e. The van der Waals surface area contributed by atoms with E-state index in [0.717, 1.165) is 5.56 Å². The minimum atomic E-state index is -1.02. The summed E-state index contributed by atoms with van der Waals surface area (Å²) in [6, 6.07) is 1.74. The van der Waals surface area contributed by atoms with Crippen LogP contribution in [-0.4, -0.2) is 34.3 Å². The number of carbonyl (C=O) groups excluding carboxylic acids is 1. The summed E-state index contributed by atoms with van der Waals surface area (Å²) >= 11 is 0. The highest BCUT2D eigenvalue weighted by Crippen LogP contribution is 2.16. The highest BCUT2D eigenvalue weighted by Gasteiger charge is 2.23. The number of aliphatic carboxylic acids is 1. The Morgan fingerprint density at radius 1 is 1.40 bits per heavy atom. The SMILES string of the molecule is Cc1cncc(C(CNC(=O)OC(C)(C)C)C(=O)O)c1. The summed E-state index contributed by atoms with van der Waals surface area (Å²) < 4.78 is 5.07. The van der Waals surface area contributed by atoms with E-state index in [4.69, 9.17) is 4.74 Å². The maximum atomic E-state index is 11.5. The van der Waals surface area contributed by atoms with E-state index < -0.39 is 23.6 Å². The summed E-state index contributed by atoms with van der Waals surface area (Å²) in [5.41, 5.74) is 0.799. The Kier molecular flexibility index (Phi) is 5.07. The van der Waals surface area contributed by atoms with Crippen molar-refractivity contribution in [2.45, 2.75) is 39.2 Å². The lowest BCUT2D eigenvalue weighted by atomic mass is 10.00. The number of alkyl carbamates (subject to hydrolysis) is 1. The van der Waals surface area contributed by atoms with Crippen LogP contribution in [0.1, 0.15) is 37.8 Å². The summed E-state index contributed by atoms with van der Waals surface area (Å²) in [7, 11) is 0. The number of rotatable bonds is 4. The molecule has 110 valence electrons. The number of carbonyl (C=O) groups is 2. The first-order chi connectivity index (χ1) is 9.19. The zero-order valence-corrected chi connectivity index (χ0v) is 12.1. The van der Waals surface area contributed by atoms with Crippen LogP contribution in [0, 0.1) is 6.92 Å². The van der Waals surface area contributed by atoms with Crippen LogP contribution in [0.5, 0.6) is 0 Å². The van der Waals surface area contributed by atoms with Gasteiger partial charge in [0.25, 0.3) is 0 Å². The fourth-order valence-electron chi connectivity index (χ4n) is 1.62. The molecule has 0 aliphatic rings. The van der Waals surface area contributed by atoms with Crippen molar-refractivity contribution in [2.75, 3.05) is 6.54 Å². The topological polar surface area (TPSA) is 88.5 Å². The summed E-state index contributed by atoms with van der Waals surface area (Å²) in [4.78, 5) is 26.8. The van der Waals surface area contributed by atoms with Crippen LogP contribution in [0.4, 0.5) is 4.79 Å². The maximum absolute atomic E-state index is 11.5. The van der Waals surface area contributed by atoms with Gasteiger partial charge in [0.2, 0.25) is 0 Å². The fraction of sp³-hybridized carbons (Fsp3) is 0.500. The number of amides is 1. The van der Waals surface area contributed by atoms with Crippen LogP contribution in [0.2, 0.25) is 0 Å². The van der Waals surface area contributed by atoms with Gasteiger partial charge in [0.1, 0.15) is 11.5 Å². The molecule has 1 amide bonds. The Hall–Kier alpha value is -2.11. The van der Waals surface area contributed by atoms with Gasteiger partial charge in [0, 0.05) is 18.9 Å². The molecule has 1 rings (SSSR count). The van der Waals surface area contributed by atoms with Gasteiger partial charge in [0.15, 0.2) is 0 Å². The van der Waals surface area contributed by atoms with E-state index in [0.29, 0.717) is 5.56 Å². The quantitative estimate of drug-likeness (QED) is 0.881. The molecule has 0 aliphatic carbocycles. The van der Waals surface area contributed by atoms with Crippen LogP contribution in [0.15, 0.2) is 18.5 Å². The van der Waals surface area contributed by atoms with Gasteiger partial charge in [-0.15, -0.1) is 0 Å². The average Bonchev–Trinajstić information content (AvgIpc) is 2.26. The number of aryl methyl sites for hydroxylation is 1. The molecular formula is C14H20N2O4. The molecule has 1 unspecified atom stereocenters. The number of pyridine rings is 1. The van der Waals surface area contributed by atoms with Gasteiger partial charge >= 0.3 is 12.1 Å². The van der Waals surface area contributed by atoms with E-state index in [1.807, 2.05) is 6.92 Å². The van der Waals surface area contributed by atoms with Gasteiger partial charge in [-0.1, -0.05) is 6.07 Å². The van der Waals surface area contributed by atoms with E-state index in [2.05, 4.69) is 10.3 Å². The Balaban J connectivity index is 2.70. The van der Waals surface area contributed by atoms with Crippen molar-refractivity contribution >= 4 is 12.1 Å². The molecule has 0 bridgehead atoms. The zero-order chi connectivity index (χ0) is 15.3. The average molecular weight is 280 g/mol. The normalized spacial score (nSPS) is 12.6. The second-order valence-corrected chi connectivity index (χ2v) is 5.57. The lowest BCUT2D eigenvalue weighted by molar-refractivity contribution is -0.138. The van der Waals surface area contributed by atoms with E-state index in [9.17, 15) is 14.7 Å². The molecule has 6 heteroatoms. The molecule has 0 spiro atoms. The Morgan fingerprint density at radius 2 is 2.05 bits per heavy atom. The fourth-order valence-corrected chi connectivity index (χ4v) is 1.62. The van der Waals surface area contributed by atoms with E-state index in [1.54, 1.807) is 33.0 Å². The van der Waals surface area contributed by atoms with Crippen LogP contribution < -0.4 is 5.32 Å². The first kappa shape index (κ1) is 15.9. The van der Waals surface area contributed by atoms with Crippen LogP contribution in [0.3, 0.4) is 0 Å². The Bertz CT molecular complexity index is 494. The van der Waals surface area contributed by atoms with Crippen molar-refractivity contribution in [1.29, 1.82) is 0 Å². The van der Waals surface area contributed by atoms with Crippen molar-refractivity contribution < 1.29 is 19.4 Å². The molecule has 0 saturated carbocycles. The van der Waals surface area contributed by atoms with Crippen molar-refractivity contribution in [1.82, 2.24) is 10.3 Å². The van der Waals surface area contributed by atoms with Gasteiger partial charge in [-0.05, 0) is 38.8 Å². The second kappa shape index (κ2) is 6.36. The predicted octanol–water partition coefficient (Wildman–Crippen LogP) is 2.08. The van der Waals surface area contributed by atoms with Crippen molar-refractivity contribution in [3.63, 3.8) is 0 Å². The molecule has 1 aromatic heterocycles. The van der Waals surface area contributed by atoms with Crippen molar-refractivity contribution in [3.05, 3.63) is 29.6 Å². The molecule has 1 heterocycles. The van der Waals surface area contributed by atoms with Gasteiger partial charge in [-0.25, -0.2) is 4.79 Å². The molecule has 2 N–H and O–H groups in total. The third-order valence-electron chi connectivity index (χ3n) is 2.45. The van der Waals surface area contributed by atoms with Crippen LogP contribution in [-0.2, 0) is 9.53 Å². The van der Waals surface area contributed by atoms with Gasteiger partial charge in [-0.2, -0.15) is 0 Å². The number of carboxylic acid groups (broad SMARTS) is 1. The monoisotopic (exact) mass is 280 g/mol. The van der Waals surface area contributed by atoms with E-state index in [-0.39, 0.29) is 6.54 Å². The van der Waals surface area contributed by atoms with Crippen molar-refractivity contribution in [3.8, 4) is 0 Å². The predicted molar refractivity (Wildman–Crippen MR) is 73.6 cm³/mol. The Morgan fingerprint density at radius 3 is 2.55 bits per heavy atom. The highest BCUT2D eigenvalue weighted by atomic mass is 16.6. The lowest BCUT2D eigenvalue weighted by Crippen LogP contribution is -2.36. The third-order valence-corrected chi connectivity index (χ3v) is 2.45. The number of carboxylic acids is 1. The van der Waals surface area contributed by atoms with Crippen LogP contribution in [0.25, 0.3) is 0 Å². The number of aromatic nitrogens is 1. The highest BCUT2D eigenvalue weighted by molar-refractivity contribution is 5.77. The molecule has 20 heavy (non-hydrogen) atoms. The molecule has 0 radical (unpaired) electrons. The first-order valence-electron chi connectivity index (χ1n) is 6.30. The second-order valence-electron chi connectivity index (χ2n) is 5.57. The molecule has 0 aromatic carbocycles. The molecule has 1 aromatic rings. The molecular weight excluding hydrogens is 260 g/mol. The standard InChI is InChI=1S/C14H20N2O4/c1-9-5-10(7-15-6-9)11(12(17)18)8-16-13(19)20-14(2,3)4/h5-7,11H,8H2,1-4H3,(H,16,19)(H,17,18). The Labute approximate surface area is 118 Å². The minimum Gasteiger partial charge on any atom is -0.481 e. The lowest BCUT2D eigenvalue weighted by Gasteiger charge is -2.21. The number of nitrogens with zero attached hydrogens (tertiary/aromatic N) is 1. The first-order valence-corrected chi connectivity index (χ1v) is 6.30. The minimum absolute atomic E-state index is 0.0462. The summed E-state index contributed by atoms with van der Waals surface area (Å²) in [5, 5.41) is 11.7. The van der Waals surface area contributed by atoms with Gasteiger partial charge in [-0.3, -0.25) is 9.78 Å². The number of hydrogen-bond acceptors (Lipinski definition) is 4. The molecule has 0 saturated heterocycles. The molecule has 6 nitrogen and oxygen atoms in total. The molecule has 0 fully saturated rings. The number of nitrogens with one attached hydrogen (secondary N) is 1. The number of ether oxygens (including phenoxy) is 1. The number of hydrogen-bond donors (Lipinski definition) is 2. The summed E-state index contributed by atoms with van der Waals surface area (Å²) in [6.07, 6.45) is 2.50. The van der Waals surface area contributed by atoms with E-state index in [1.165, 1.54) is 6.20 Å². The zero-order valence-electron chi connectivity index (χ0n) is 12.1. The van der Waals surface area contributed by atoms with Gasteiger partial charge in [0.05, 0.1) is 0 Å². The summed E-state index contributed by atoms with van der Waals surface area (Å²) in [6.45, 7) is 7.01. The summed E-state index contributed by atoms with van der Waals surface area (Å²) in [5.74, 6) is -1.87. The molecule has 1 atom stereocenters. The smallest absolute Gasteiger partial charge is 0.407 e. The molecule has 0 aliphatic heterocycles. The van der Waals surface area contributed by atoms with Crippen molar-refractivity contribution in [2.24, 2.45) is 0 Å². The van der Waals surface area contributed by atoms with Gasteiger partial charge < -0.3 is 15.2 Å². The van der Waals surface area contributed by atoms with E-state index >= 15 is 0 Å².